The van der Waals surface area contributed by atoms with Crippen LogP contribution in [0.1, 0.15) is 24.3 Å². The van der Waals surface area contributed by atoms with Crippen molar-refractivity contribution in [3.8, 4) is 11.7 Å². The minimum atomic E-state index is -0.0221. The Kier molecular flexibility index (Phi) is 7.61. The van der Waals surface area contributed by atoms with Crippen LogP contribution in [0.25, 0.3) is 11.7 Å². The van der Waals surface area contributed by atoms with Crippen LogP contribution in [0, 0.1) is 6.92 Å². The summed E-state index contributed by atoms with van der Waals surface area (Å²) in [6.07, 6.45) is 3.91. The van der Waals surface area contributed by atoms with E-state index in [0.29, 0.717) is 23.1 Å². The van der Waals surface area contributed by atoms with Gasteiger partial charge in [0.25, 0.3) is 5.89 Å². The summed E-state index contributed by atoms with van der Waals surface area (Å²) in [5.41, 5.74) is 0.655. The number of carbonyl (C=O) groups is 1. The van der Waals surface area contributed by atoms with E-state index in [4.69, 9.17) is 8.83 Å². The molecule has 0 unspecified atom stereocenters. The first-order valence-electron chi connectivity index (χ1n) is 7.22. The zero-order chi connectivity index (χ0) is 14.7. The summed E-state index contributed by atoms with van der Waals surface area (Å²) in [5, 5.41) is 6.31. The fraction of sp³-hybridized carbons (Fsp3) is 0.467. The van der Waals surface area contributed by atoms with Crippen LogP contribution in [0.5, 0.6) is 0 Å². The van der Waals surface area contributed by atoms with Gasteiger partial charge in [-0.05, 0) is 38.4 Å². The van der Waals surface area contributed by atoms with Crippen molar-refractivity contribution >= 4 is 30.7 Å². The van der Waals surface area contributed by atoms with Crippen molar-refractivity contribution in [1.29, 1.82) is 0 Å². The number of hydrogen-bond donors (Lipinski definition) is 2. The molecule has 0 aliphatic carbocycles. The second kappa shape index (κ2) is 8.96. The molecule has 0 bridgehead atoms. The number of rotatable bonds is 4. The average Bonchev–Trinajstić information content (AvgIpc) is 3.10. The molecule has 0 radical (unpaired) electrons. The number of halogens is 2. The van der Waals surface area contributed by atoms with Crippen molar-refractivity contribution in [2.24, 2.45) is 0 Å². The zero-order valence-electron chi connectivity index (χ0n) is 12.8. The topological polar surface area (TPSA) is 80.3 Å². The summed E-state index contributed by atoms with van der Waals surface area (Å²) in [6, 6.07) is 3.77. The van der Waals surface area contributed by atoms with E-state index in [1.807, 2.05) is 6.92 Å². The molecule has 1 saturated heterocycles. The predicted octanol–water partition coefficient (Wildman–Crippen LogP) is 2.50. The largest absolute Gasteiger partial charge is 0.459 e. The van der Waals surface area contributed by atoms with E-state index >= 15 is 0 Å². The van der Waals surface area contributed by atoms with E-state index in [9.17, 15) is 4.79 Å². The number of nitrogens with zero attached hydrogens (tertiary/aromatic N) is 1. The van der Waals surface area contributed by atoms with E-state index < -0.39 is 0 Å². The molecule has 1 fully saturated rings. The van der Waals surface area contributed by atoms with Crippen molar-refractivity contribution in [1.82, 2.24) is 15.6 Å². The molecule has 3 heterocycles. The minimum Gasteiger partial charge on any atom is -0.459 e. The lowest BCUT2D eigenvalue weighted by molar-refractivity contribution is -0.121. The smallest absolute Gasteiger partial charge is 0.263 e. The van der Waals surface area contributed by atoms with Crippen LogP contribution in [0.15, 0.2) is 27.2 Å². The second-order valence-corrected chi connectivity index (χ2v) is 5.29. The third kappa shape index (κ3) is 4.99. The maximum Gasteiger partial charge on any atom is 0.263 e. The van der Waals surface area contributed by atoms with Gasteiger partial charge in [-0.2, -0.15) is 0 Å². The highest BCUT2D eigenvalue weighted by molar-refractivity contribution is 5.85. The summed E-state index contributed by atoms with van der Waals surface area (Å²) < 4.78 is 10.8. The Morgan fingerprint density at radius 2 is 2.30 bits per heavy atom. The van der Waals surface area contributed by atoms with Crippen LogP contribution >= 0.6 is 24.8 Å². The van der Waals surface area contributed by atoms with Crippen LogP contribution in [-0.2, 0) is 11.2 Å². The minimum absolute atomic E-state index is 0. The lowest BCUT2D eigenvalue weighted by Crippen LogP contribution is -2.46. The van der Waals surface area contributed by atoms with Gasteiger partial charge in [0.1, 0.15) is 5.76 Å². The predicted molar refractivity (Wildman–Crippen MR) is 91.2 cm³/mol. The van der Waals surface area contributed by atoms with Crippen molar-refractivity contribution in [3.05, 3.63) is 29.9 Å². The molecule has 6 nitrogen and oxygen atoms in total. The standard InChI is InChI=1S/C15H19N3O3.2ClH/c1-10-12(18-15(21-10)13-5-3-7-20-13)8-14(19)17-11-4-2-6-16-9-11;;/h3,5,7,11,16H,2,4,6,8-9H2,1H3,(H,17,19);2*1H/t11-;;/m0../s1. The summed E-state index contributed by atoms with van der Waals surface area (Å²) in [6.45, 7) is 3.67. The molecule has 1 aliphatic rings. The molecule has 0 saturated carbocycles. The fourth-order valence-corrected chi connectivity index (χ4v) is 2.50. The number of oxazole rings is 1. The molecule has 23 heavy (non-hydrogen) atoms. The van der Waals surface area contributed by atoms with Gasteiger partial charge in [0, 0.05) is 12.6 Å². The first-order chi connectivity index (χ1) is 10.2. The molecule has 1 aliphatic heterocycles. The Hall–Kier alpha value is -1.50. The number of amides is 1. The van der Waals surface area contributed by atoms with Gasteiger partial charge < -0.3 is 19.5 Å². The number of furan rings is 1. The number of piperidine rings is 1. The van der Waals surface area contributed by atoms with Crippen molar-refractivity contribution in [2.45, 2.75) is 32.2 Å². The van der Waals surface area contributed by atoms with Crippen molar-refractivity contribution < 1.29 is 13.6 Å². The van der Waals surface area contributed by atoms with E-state index in [2.05, 4.69) is 15.6 Å². The van der Waals surface area contributed by atoms with Crippen LogP contribution in [0.2, 0.25) is 0 Å². The van der Waals surface area contributed by atoms with E-state index in [1.54, 1.807) is 18.4 Å². The van der Waals surface area contributed by atoms with Crippen molar-refractivity contribution in [3.63, 3.8) is 0 Å². The molecular weight excluding hydrogens is 341 g/mol. The van der Waals surface area contributed by atoms with Crippen LogP contribution < -0.4 is 10.6 Å². The first-order valence-corrected chi connectivity index (χ1v) is 7.22. The van der Waals surface area contributed by atoms with E-state index in [0.717, 1.165) is 25.9 Å². The van der Waals surface area contributed by atoms with Gasteiger partial charge in [-0.15, -0.1) is 24.8 Å². The van der Waals surface area contributed by atoms with E-state index in [1.165, 1.54) is 0 Å². The summed E-state index contributed by atoms with van der Waals surface area (Å²) in [5.74, 6) is 1.62. The Balaban J connectivity index is 0.00000132. The highest BCUT2D eigenvalue weighted by Gasteiger charge is 2.19. The maximum atomic E-state index is 12.1. The highest BCUT2D eigenvalue weighted by atomic mass is 35.5. The normalized spacial score (nSPS) is 17.0. The van der Waals surface area contributed by atoms with Gasteiger partial charge in [-0.3, -0.25) is 4.79 Å². The van der Waals surface area contributed by atoms with Gasteiger partial charge in [0.05, 0.1) is 18.4 Å². The number of aryl methyl sites for hydroxylation is 1. The quantitative estimate of drug-likeness (QED) is 0.874. The molecule has 1 amide bonds. The number of aromatic nitrogens is 1. The van der Waals surface area contributed by atoms with Crippen LogP contribution in [0.4, 0.5) is 0 Å². The molecule has 2 N–H and O–H groups in total. The molecule has 8 heteroatoms. The molecule has 2 aromatic rings. The molecule has 0 spiro atoms. The molecular formula is C15H21Cl2N3O3. The van der Waals surface area contributed by atoms with Gasteiger partial charge in [0.15, 0.2) is 5.76 Å². The summed E-state index contributed by atoms with van der Waals surface area (Å²) in [4.78, 5) is 16.4. The number of nitrogens with one attached hydrogen (secondary N) is 2. The second-order valence-electron chi connectivity index (χ2n) is 5.29. The number of hydrogen-bond acceptors (Lipinski definition) is 5. The van der Waals surface area contributed by atoms with Crippen molar-refractivity contribution in [2.75, 3.05) is 13.1 Å². The average molecular weight is 362 g/mol. The molecule has 0 aromatic carbocycles. The van der Waals surface area contributed by atoms with Gasteiger partial charge >= 0.3 is 0 Å². The number of carbonyl (C=O) groups excluding carboxylic acids is 1. The molecule has 3 rings (SSSR count). The SMILES string of the molecule is Cc1oc(-c2ccco2)nc1CC(=O)N[C@H]1CCCNC1.Cl.Cl. The molecule has 128 valence electrons. The third-order valence-corrected chi connectivity index (χ3v) is 3.61. The summed E-state index contributed by atoms with van der Waals surface area (Å²) in [7, 11) is 0. The summed E-state index contributed by atoms with van der Waals surface area (Å²) >= 11 is 0. The molecule has 1 atom stereocenters. The Labute approximate surface area is 147 Å². The molecule has 2 aromatic heterocycles. The Morgan fingerprint density at radius 3 is 2.96 bits per heavy atom. The Bertz CT molecular complexity index is 608. The zero-order valence-corrected chi connectivity index (χ0v) is 14.5. The maximum absolute atomic E-state index is 12.1. The third-order valence-electron chi connectivity index (χ3n) is 3.61. The Morgan fingerprint density at radius 1 is 1.48 bits per heavy atom. The van der Waals surface area contributed by atoms with E-state index in [-0.39, 0.29) is 43.2 Å². The van der Waals surface area contributed by atoms with Gasteiger partial charge in [-0.25, -0.2) is 4.98 Å². The lowest BCUT2D eigenvalue weighted by atomic mass is 10.1. The van der Waals surface area contributed by atoms with Crippen LogP contribution in [0.3, 0.4) is 0 Å². The highest BCUT2D eigenvalue weighted by Crippen LogP contribution is 2.22. The van der Waals surface area contributed by atoms with Gasteiger partial charge in [-0.1, -0.05) is 0 Å². The lowest BCUT2D eigenvalue weighted by Gasteiger charge is -2.23. The fourth-order valence-electron chi connectivity index (χ4n) is 2.50. The van der Waals surface area contributed by atoms with Crippen LogP contribution in [-0.4, -0.2) is 30.0 Å². The van der Waals surface area contributed by atoms with Gasteiger partial charge in [0.2, 0.25) is 5.91 Å². The first kappa shape index (κ1) is 19.5. The monoisotopic (exact) mass is 361 g/mol.